The Kier molecular flexibility index (Phi) is 8.31. The molecule has 122 valence electrons. The molecule has 6 nitrogen and oxygen atoms in total. The number of nitrogen functional groups attached to an aromatic ring is 2. The van der Waals surface area contributed by atoms with Gasteiger partial charge in [-0.2, -0.15) is 0 Å². The molecule has 0 atom stereocenters. The fourth-order valence-corrected chi connectivity index (χ4v) is 2.17. The fraction of sp³-hybridized carbons (Fsp3) is 0.571. The first-order chi connectivity index (χ1) is 9.54. The Morgan fingerprint density at radius 2 is 1.57 bits per heavy atom. The van der Waals surface area contributed by atoms with E-state index in [9.17, 15) is 13.0 Å². The maximum absolute atomic E-state index is 10.5. The van der Waals surface area contributed by atoms with Crippen LogP contribution in [0.4, 0.5) is 11.4 Å². The van der Waals surface area contributed by atoms with Crippen LogP contribution in [0.15, 0.2) is 23.1 Å². The zero-order valence-electron chi connectivity index (χ0n) is 13.2. The van der Waals surface area contributed by atoms with Gasteiger partial charge in [-0.3, -0.25) is 0 Å². The van der Waals surface area contributed by atoms with Gasteiger partial charge in [-0.05, 0) is 18.2 Å². The molecule has 6 N–H and O–H groups in total. The van der Waals surface area contributed by atoms with Gasteiger partial charge in [-0.15, -0.1) is 0 Å². The summed E-state index contributed by atoms with van der Waals surface area (Å²) in [7, 11) is -4.51. The maximum atomic E-state index is 10.5. The number of nitrogens with two attached hydrogens (primary N) is 3. The lowest BCUT2D eigenvalue weighted by Gasteiger charge is -2.09. The highest BCUT2D eigenvalue weighted by Crippen LogP contribution is 2.20. The quantitative estimate of drug-likeness (QED) is 0.542. The van der Waals surface area contributed by atoms with Crippen LogP contribution >= 0.6 is 0 Å². The molecule has 1 aromatic carbocycles. The highest BCUT2D eigenvalue weighted by atomic mass is 32.2. The first-order valence-corrected chi connectivity index (χ1v) is 8.37. The van der Waals surface area contributed by atoms with Gasteiger partial charge in [0.1, 0.15) is 10.1 Å². The standard InChI is InChI=1S/C8H19N.C6H8N2O3S/c1-7(2)5-9-6-8(3)4;7-4-1-2-5(8)6(3-4)12(9,10)11/h7-9H,5-6H2,1-4H3;1-3H,7-8H2,(H,9,10,11). The Labute approximate surface area is 127 Å². The lowest BCUT2D eigenvalue weighted by molar-refractivity contribution is -0.664. The van der Waals surface area contributed by atoms with Gasteiger partial charge in [0.2, 0.25) is 0 Å². The Balaban J connectivity index is 0.000000400. The van der Waals surface area contributed by atoms with Crippen molar-refractivity contribution >= 4 is 21.5 Å². The van der Waals surface area contributed by atoms with Crippen LogP contribution in [0.3, 0.4) is 0 Å². The van der Waals surface area contributed by atoms with Crippen LogP contribution in [-0.4, -0.2) is 26.1 Å². The minimum absolute atomic E-state index is 0.0841. The first kappa shape index (κ1) is 19.7. The van der Waals surface area contributed by atoms with Crippen molar-refractivity contribution in [1.29, 1.82) is 0 Å². The minimum Gasteiger partial charge on any atom is -0.744 e. The van der Waals surface area contributed by atoms with Gasteiger partial charge < -0.3 is 21.3 Å². The summed E-state index contributed by atoms with van der Waals surface area (Å²) < 4.78 is 31.5. The minimum atomic E-state index is -4.51. The Morgan fingerprint density at radius 3 is 1.90 bits per heavy atom. The molecule has 1 aromatic rings. The summed E-state index contributed by atoms with van der Waals surface area (Å²) >= 11 is 0. The van der Waals surface area contributed by atoms with E-state index in [0.717, 1.165) is 17.9 Å². The summed E-state index contributed by atoms with van der Waals surface area (Å²) in [5, 5.41) is 2.40. The van der Waals surface area contributed by atoms with Crippen molar-refractivity contribution in [1.82, 2.24) is 0 Å². The van der Waals surface area contributed by atoms with Gasteiger partial charge in [0.25, 0.3) is 0 Å². The number of hydrogen-bond donors (Lipinski definition) is 3. The molecule has 0 fully saturated rings. The van der Waals surface area contributed by atoms with Crippen LogP contribution in [0, 0.1) is 11.8 Å². The average Bonchev–Trinajstić information content (AvgIpc) is 2.31. The molecule has 0 aromatic heterocycles. The molecular formula is C14H27N3O3S. The van der Waals surface area contributed by atoms with E-state index in [0.29, 0.717) is 0 Å². The summed E-state index contributed by atoms with van der Waals surface area (Å²) in [5.74, 6) is 1.67. The summed E-state index contributed by atoms with van der Waals surface area (Å²) in [6, 6.07) is 3.74. The van der Waals surface area contributed by atoms with Crippen molar-refractivity contribution in [2.45, 2.75) is 32.6 Å². The van der Waals surface area contributed by atoms with Crippen LogP contribution in [0.2, 0.25) is 0 Å². The van der Waals surface area contributed by atoms with Crippen LogP contribution in [0.5, 0.6) is 0 Å². The van der Waals surface area contributed by atoms with Gasteiger partial charge in [-0.25, -0.2) is 8.42 Å². The number of hydrogen-bond acceptors (Lipinski definition) is 5. The summed E-state index contributed by atoms with van der Waals surface area (Å²) in [4.78, 5) is -0.470. The fourth-order valence-electron chi connectivity index (χ4n) is 1.53. The zero-order chi connectivity index (χ0) is 16.6. The van der Waals surface area contributed by atoms with Crippen molar-refractivity contribution in [3.63, 3.8) is 0 Å². The third-order valence-corrected chi connectivity index (χ3v) is 3.48. The summed E-state index contributed by atoms with van der Waals surface area (Å²) in [6.07, 6.45) is 0. The molecule has 0 heterocycles. The van der Waals surface area contributed by atoms with Crippen molar-refractivity contribution < 1.29 is 18.3 Å². The normalized spacial score (nSPS) is 11.4. The molecule has 0 radical (unpaired) electrons. The van der Waals surface area contributed by atoms with Gasteiger partial charge in [-0.1, -0.05) is 27.7 Å². The second-order valence-electron chi connectivity index (χ2n) is 5.80. The second-order valence-corrected chi connectivity index (χ2v) is 7.15. The van der Waals surface area contributed by atoms with Crippen molar-refractivity contribution in [2.24, 2.45) is 11.8 Å². The van der Waals surface area contributed by atoms with Crippen LogP contribution < -0.4 is 16.8 Å². The number of anilines is 2. The van der Waals surface area contributed by atoms with E-state index in [4.69, 9.17) is 11.5 Å². The molecule has 0 amide bonds. The molecule has 0 aliphatic carbocycles. The monoisotopic (exact) mass is 317 g/mol. The Hall–Kier alpha value is -1.31. The summed E-state index contributed by atoms with van der Waals surface area (Å²) in [6.45, 7) is 11.6. The van der Waals surface area contributed by atoms with Crippen molar-refractivity contribution in [3.05, 3.63) is 18.2 Å². The van der Waals surface area contributed by atoms with Gasteiger partial charge in [0, 0.05) is 23.2 Å². The number of quaternary nitrogens is 1. The third kappa shape index (κ3) is 9.28. The molecule has 0 saturated carbocycles. The molecule has 7 heteroatoms. The number of benzene rings is 1. The van der Waals surface area contributed by atoms with E-state index in [2.05, 4.69) is 33.0 Å². The van der Waals surface area contributed by atoms with Crippen LogP contribution in [0.25, 0.3) is 0 Å². The highest BCUT2D eigenvalue weighted by molar-refractivity contribution is 7.86. The number of rotatable bonds is 5. The van der Waals surface area contributed by atoms with E-state index >= 15 is 0 Å². The van der Waals surface area contributed by atoms with Crippen LogP contribution in [0.1, 0.15) is 27.7 Å². The van der Waals surface area contributed by atoms with Gasteiger partial charge in [0.05, 0.1) is 18.0 Å². The smallest absolute Gasteiger partial charge is 0.126 e. The van der Waals surface area contributed by atoms with E-state index < -0.39 is 15.0 Å². The van der Waals surface area contributed by atoms with Crippen LogP contribution in [-0.2, 0) is 10.1 Å². The molecule has 0 unspecified atom stereocenters. The molecular weight excluding hydrogens is 290 g/mol. The van der Waals surface area contributed by atoms with Crippen molar-refractivity contribution in [3.8, 4) is 0 Å². The molecule has 0 saturated heterocycles. The lowest BCUT2D eigenvalue weighted by atomic mass is 10.2. The maximum Gasteiger partial charge on any atom is 0.126 e. The average molecular weight is 317 g/mol. The SMILES string of the molecule is CC(C)C[NH2+]CC(C)C.Nc1ccc(N)c(S(=O)(=O)[O-])c1. The molecule has 1 rings (SSSR count). The predicted molar refractivity (Wildman–Crippen MR) is 84.6 cm³/mol. The van der Waals surface area contributed by atoms with E-state index in [-0.39, 0.29) is 11.4 Å². The molecule has 0 aliphatic heterocycles. The zero-order valence-corrected chi connectivity index (χ0v) is 14.0. The third-order valence-electron chi connectivity index (χ3n) is 2.58. The van der Waals surface area contributed by atoms with Gasteiger partial charge in [0.15, 0.2) is 0 Å². The summed E-state index contributed by atoms with van der Waals surface area (Å²) in [5.41, 5.74) is 10.6. The molecule has 0 spiro atoms. The van der Waals surface area contributed by atoms with Crippen molar-refractivity contribution in [2.75, 3.05) is 24.6 Å². The Morgan fingerprint density at radius 1 is 1.10 bits per heavy atom. The lowest BCUT2D eigenvalue weighted by Crippen LogP contribution is -2.86. The molecule has 21 heavy (non-hydrogen) atoms. The van der Waals surface area contributed by atoms with E-state index in [1.165, 1.54) is 25.2 Å². The topological polar surface area (TPSA) is 126 Å². The molecule has 0 aliphatic rings. The van der Waals surface area contributed by atoms with E-state index in [1.807, 2.05) is 0 Å². The van der Waals surface area contributed by atoms with Gasteiger partial charge >= 0.3 is 0 Å². The largest absolute Gasteiger partial charge is 0.744 e. The first-order valence-electron chi connectivity index (χ1n) is 6.96. The second kappa shape index (κ2) is 8.86. The van der Waals surface area contributed by atoms with E-state index in [1.54, 1.807) is 0 Å². The Bertz CT molecular complexity index is 520. The molecule has 0 bridgehead atoms. The highest BCUT2D eigenvalue weighted by Gasteiger charge is 2.05. The predicted octanol–water partition coefficient (Wildman–Crippen LogP) is 0.617.